The molecule has 1 fully saturated rings. The minimum atomic E-state index is -0.670. The molecule has 0 bridgehead atoms. The van der Waals surface area contributed by atoms with E-state index < -0.39 is 11.8 Å². The Balaban J connectivity index is 1.87. The van der Waals surface area contributed by atoms with Crippen LogP contribution in [0.5, 0.6) is 0 Å². The highest BCUT2D eigenvalue weighted by Crippen LogP contribution is 2.24. The number of aliphatic hydroxyl groups excluding tert-OH is 1. The lowest BCUT2D eigenvalue weighted by Gasteiger charge is -2.15. The van der Waals surface area contributed by atoms with E-state index in [0.717, 1.165) is 30.4 Å². The molecule has 1 aromatic rings. The molecule has 21 heavy (non-hydrogen) atoms. The molecule has 1 saturated carbocycles. The van der Waals surface area contributed by atoms with Crippen molar-refractivity contribution in [1.82, 2.24) is 5.32 Å². The molecule has 2 amide bonds. The highest BCUT2D eigenvalue weighted by atomic mass is 16.3. The van der Waals surface area contributed by atoms with Gasteiger partial charge in [-0.05, 0) is 43.9 Å². The Hall–Kier alpha value is -1.88. The molecule has 5 nitrogen and oxygen atoms in total. The van der Waals surface area contributed by atoms with E-state index in [1.807, 2.05) is 32.0 Å². The lowest BCUT2D eigenvalue weighted by atomic mass is 10.1. The number of amides is 2. The fourth-order valence-corrected chi connectivity index (χ4v) is 2.61. The van der Waals surface area contributed by atoms with E-state index in [1.54, 1.807) is 0 Å². The van der Waals surface area contributed by atoms with Gasteiger partial charge in [-0.15, -0.1) is 0 Å². The highest BCUT2D eigenvalue weighted by Gasteiger charge is 2.26. The predicted octanol–water partition coefficient (Wildman–Crippen LogP) is 1.52. The number of benzene rings is 1. The zero-order chi connectivity index (χ0) is 15.4. The SMILES string of the molecule is Cc1ccc(C)c(NC(=O)C(=O)NCC2CCCC2O)c1. The maximum Gasteiger partial charge on any atom is 0.313 e. The number of aryl methyl sites for hydroxylation is 2. The van der Waals surface area contributed by atoms with Crippen LogP contribution in [0.15, 0.2) is 18.2 Å². The van der Waals surface area contributed by atoms with Gasteiger partial charge in [0.25, 0.3) is 0 Å². The summed E-state index contributed by atoms with van der Waals surface area (Å²) in [4.78, 5) is 23.7. The number of hydrogen-bond acceptors (Lipinski definition) is 3. The number of hydrogen-bond donors (Lipinski definition) is 3. The molecule has 0 spiro atoms. The van der Waals surface area contributed by atoms with Crippen molar-refractivity contribution in [3.8, 4) is 0 Å². The molecule has 0 aliphatic heterocycles. The van der Waals surface area contributed by atoms with E-state index >= 15 is 0 Å². The molecular formula is C16H22N2O3. The zero-order valence-corrected chi connectivity index (χ0v) is 12.5. The lowest BCUT2D eigenvalue weighted by Crippen LogP contribution is -2.39. The Bertz CT molecular complexity index is 542. The zero-order valence-electron chi connectivity index (χ0n) is 12.5. The molecule has 2 rings (SSSR count). The van der Waals surface area contributed by atoms with Crippen molar-refractivity contribution in [1.29, 1.82) is 0 Å². The van der Waals surface area contributed by atoms with Crippen molar-refractivity contribution in [3.63, 3.8) is 0 Å². The molecule has 1 aliphatic rings. The summed E-state index contributed by atoms with van der Waals surface area (Å²) in [5.41, 5.74) is 2.58. The summed E-state index contributed by atoms with van der Waals surface area (Å²) < 4.78 is 0. The van der Waals surface area contributed by atoms with E-state index in [2.05, 4.69) is 10.6 Å². The molecule has 114 valence electrons. The summed E-state index contributed by atoms with van der Waals surface area (Å²) in [6.07, 6.45) is 2.26. The van der Waals surface area contributed by atoms with Gasteiger partial charge < -0.3 is 15.7 Å². The van der Waals surface area contributed by atoms with Crippen LogP contribution < -0.4 is 10.6 Å². The first-order valence-corrected chi connectivity index (χ1v) is 7.32. The minimum absolute atomic E-state index is 0.0578. The van der Waals surface area contributed by atoms with Gasteiger partial charge in [0.15, 0.2) is 0 Å². The van der Waals surface area contributed by atoms with Crippen LogP contribution in [0.2, 0.25) is 0 Å². The Morgan fingerprint density at radius 2 is 2.00 bits per heavy atom. The summed E-state index contributed by atoms with van der Waals surface area (Å²) in [5.74, 6) is -1.27. The van der Waals surface area contributed by atoms with Gasteiger partial charge in [-0.2, -0.15) is 0 Å². The van der Waals surface area contributed by atoms with Crippen LogP contribution in [-0.2, 0) is 9.59 Å². The van der Waals surface area contributed by atoms with Gasteiger partial charge in [0.05, 0.1) is 6.10 Å². The van der Waals surface area contributed by atoms with Crippen LogP contribution in [0.4, 0.5) is 5.69 Å². The van der Waals surface area contributed by atoms with Crippen LogP contribution in [0.3, 0.4) is 0 Å². The van der Waals surface area contributed by atoms with Gasteiger partial charge in [-0.1, -0.05) is 18.6 Å². The van der Waals surface area contributed by atoms with Crippen LogP contribution in [0.25, 0.3) is 0 Å². The summed E-state index contributed by atoms with van der Waals surface area (Å²) in [5, 5.41) is 14.9. The maximum atomic E-state index is 11.9. The van der Waals surface area contributed by atoms with Crippen LogP contribution >= 0.6 is 0 Å². The van der Waals surface area contributed by atoms with Crippen molar-refractivity contribution in [2.24, 2.45) is 5.92 Å². The predicted molar refractivity (Wildman–Crippen MR) is 80.9 cm³/mol. The van der Waals surface area contributed by atoms with Gasteiger partial charge in [0, 0.05) is 18.2 Å². The van der Waals surface area contributed by atoms with Crippen molar-refractivity contribution in [2.75, 3.05) is 11.9 Å². The maximum absolute atomic E-state index is 11.9. The molecule has 0 radical (unpaired) electrons. The minimum Gasteiger partial charge on any atom is -0.393 e. The topological polar surface area (TPSA) is 78.4 Å². The molecule has 0 saturated heterocycles. The first-order valence-electron chi connectivity index (χ1n) is 7.32. The largest absolute Gasteiger partial charge is 0.393 e. The van der Waals surface area contributed by atoms with E-state index in [1.165, 1.54) is 0 Å². The number of rotatable bonds is 3. The average Bonchev–Trinajstić information content (AvgIpc) is 2.85. The van der Waals surface area contributed by atoms with E-state index in [9.17, 15) is 14.7 Å². The summed E-state index contributed by atoms with van der Waals surface area (Å²) in [6, 6.07) is 5.69. The van der Waals surface area contributed by atoms with Gasteiger partial charge in [0.2, 0.25) is 0 Å². The number of carbonyl (C=O) groups excluding carboxylic acids is 2. The third-order valence-electron chi connectivity index (χ3n) is 3.99. The quantitative estimate of drug-likeness (QED) is 0.739. The lowest BCUT2D eigenvalue weighted by molar-refractivity contribution is -0.136. The molecule has 0 heterocycles. The Morgan fingerprint density at radius 3 is 2.67 bits per heavy atom. The number of nitrogens with one attached hydrogen (secondary N) is 2. The third kappa shape index (κ3) is 4.04. The van der Waals surface area contributed by atoms with Crippen molar-refractivity contribution in [2.45, 2.75) is 39.2 Å². The summed E-state index contributed by atoms with van der Waals surface area (Å²) in [6.45, 7) is 4.15. The number of anilines is 1. The summed E-state index contributed by atoms with van der Waals surface area (Å²) >= 11 is 0. The molecule has 5 heteroatoms. The Morgan fingerprint density at radius 1 is 1.24 bits per heavy atom. The van der Waals surface area contributed by atoms with Crippen LogP contribution in [0, 0.1) is 19.8 Å². The van der Waals surface area contributed by atoms with Crippen molar-refractivity contribution in [3.05, 3.63) is 29.3 Å². The molecule has 1 aliphatic carbocycles. The fraction of sp³-hybridized carbons (Fsp3) is 0.500. The number of carbonyl (C=O) groups is 2. The van der Waals surface area contributed by atoms with E-state index in [0.29, 0.717) is 12.2 Å². The summed E-state index contributed by atoms with van der Waals surface area (Å²) in [7, 11) is 0. The molecule has 0 aromatic heterocycles. The second kappa shape index (κ2) is 6.72. The van der Waals surface area contributed by atoms with Gasteiger partial charge >= 0.3 is 11.8 Å². The second-order valence-electron chi connectivity index (χ2n) is 5.74. The third-order valence-corrected chi connectivity index (χ3v) is 3.99. The molecule has 1 aromatic carbocycles. The van der Waals surface area contributed by atoms with Gasteiger partial charge in [0.1, 0.15) is 0 Å². The highest BCUT2D eigenvalue weighted by molar-refractivity contribution is 6.39. The first-order chi connectivity index (χ1) is 9.97. The van der Waals surface area contributed by atoms with Crippen molar-refractivity contribution < 1.29 is 14.7 Å². The van der Waals surface area contributed by atoms with Crippen LogP contribution in [-0.4, -0.2) is 29.6 Å². The fourth-order valence-electron chi connectivity index (χ4n) is 2.61. The van der Waals surface area contributed by atoms with E-state index in [-0.39, 0.29) is 12.0 Å². The number of aliphatic hydroxyl groups is 1. The van der Waals surface area contributed by atoms with Crippen LogP contribution in [0.1, 0.15) is 30.4 Å². The Labute approximate surface area is 124 Å². The normalized spacial score (nSPS) is 21.1. The monoisotopic (exact) mass is 290 g/mol. The van der Waals surface area contributed by atoms with Gasteiger partial charge in [-0.3, -0.25) is 9.59 Å². The molecular weight excluding hydrogens is 268 g/mol. The average molecular weight is 290 g/mol. The molecule has 3 N–H and O–H groups in total. The second-order valence-corrected chi connectivity index (χ2v) is 5.74. The van der Waals surface area contributed by atoms with Gasteiger partial charge in [-0.25, -0.2) is 0 Å². The first kappa shape index (κ1) is 15.5. The Kier molecular flexibility index (Phi) is 4.96. The smallest absolute Gasteiger partial charge is 0.313 e. The molecule has 2 unspecified atom stereocenters. The standard InChI is InChI=1S/C16H22N2O3/c1-10-6-7-11(2)13(8-10)18-16(21)15(20)17-9-12-4-3-5-14(12)19/h6-8,12,14,19H,3-5,9H2,1-2H3,(H,17,20)(H,18,21). The van der Waals surface area contributed by atoms with E-state index in [4.69, 9.17) is 0 Å². The molecule has 2 atom stereocenters. The van der Waals surface area contributed by atoms with Crippen molar-refractivity contribution >= 4 is 17.5 Å².